The van der Waals surface area contributed by atoms with Gasteiger partial charge in [-0.15, -0.1) is 0 Å². The number of ether oxygens (including phenoxy) is 1. The monoisotopic (exact) mass is 388 g/mol. The van der Waals surface area contributed by atoms with Crippen molar-refractivity contribution in [1.82, 2.24) is 5.32 Å². The van der Waals surface area contributed by atoms with Crippen LogP contribution in [0.25, 0.3) is 0 Å². The molecule has 140 valence electrons. The van der Waals surface area contributed by atoms with Gasteiger partial charge in [-0.3, -0.25) is 19.7 Å². The van der Waals surface area contributed by atoms with E-state index >= 15 is 0 Å². The third-order valence-electron chi connectivity index (χ3n) is 3.14. The van der Waals surface area contributed by atoms with Gasteiger partial charge in [-0.2, -0.15) is 0 Å². The maximum atomic E-state index is 12.0. The lowest BCUT2D eigenvalue weighted by atomic mass is 10.3. The fourth-order valence-corrected chi connectivity index (χ4v) is 2.29. The van der Waals surface area contributed by atoms with E-state index in [-0.39, 0.29) is 29.1 Å². The zero-order valence-corrected chi connectivity index (χ0v) is 15.0. The summed E-state index contributed by atoms with van der Waals surface area (Å²) in [6.45, 7) is 0.968. The van der Waals surface area contributed by atoms with Crippen molar-refractivity contribution in [2.45, 2.75) is 6.92 Å². The zero-order chi connectivity index (χ0) is 19.8. The quantitative estimate of drug-likeness (QED) is 0.395. The molecule has 0 saturated carbocycles. The minimum absolute atomic E-state index is 0.0173. The van der Waals surface area contributed by atoms with E-state index < -0.39 is 10.8 Å². The molecule has 0 aliphatic heterocycles. The molecule has 2 rings (SSSR count). The van der Waals surface area contributed by atoms with Crippen LogP contribution in [-0.4, -0.2) is 28.5 Å². The molecule has 2 amide bonds. The Morgan fingerprint density at radius 1 is 1.07 bits per heavy atom. The molecule has 0 saturated heterocycles. The summed E-state index contributed by atoms with van der Waals surface area (Å²) in [5.74, 6) is -0.735. The van der Waals surface area contributed by atoms with Gasteiger partial charge in [-0.25, -0.2) is 0 Å². The fraction of sp³-hybridized carbons (Fsp3) is 0.118. The summed E-state index contributed by atoms with van der Waals surface area (Å²) in [4.78, 5) is 33.2. The lowest BCUT2D eigenvalue weighted by Crippen LogP contribution is -2.32. The van der Waals surface area contributed by atoms with Crippen LogP contribution in [0.4, 0.5) is 17.1 Å². The van der Waals surface area contributed by atoms with E-state index in [4.69, 9.17) is 17.0 Å². The van der Waals surface area contributed by atoms with Crippen LogP contribution >= 0.6 is 12.2 Å². The number of nitro benzene ring substituents is 1. The van der Waals surface area contributed by atoms with Gasteiger partial charge in [0, 0.05) is 24.4 Å². The average molecular weight is 388 g/mol. The number of hydrogen-bond donors (Lipinski definition) is 3. The summed E-state index contributed by atoms with van der Waals surface area (Å²) in [7, 11) is 0. The lowest BCUT2D eigenvalue weighted by molar-refractivity contribution is -0.385. The molecule has 0 spiro atoms. The Balaban J connectivity index is 1.88. The van der Waals surface area contributed by atoms with Crippen molar-refractivity contribution in [3.8, 4) is 5.75 Å². The largest absolute Gasteiger partial charge is 0.477 e. The molecule has 0 radical (unpaired) electrons. The van der Waals surface area contributed by atoms with Gasteiger partial charge in [0.25, 0.3) is 5.91 Å². The van der Waals surface area contributed by atoms with Crippen molar-refractivity contribution in [3.05, 3.63) is 58.6 Å². The van der Waals surface area contributed by atoms with Crippen molar-refractivity contribution in [1.29, 1.82) is 0 Å². The molecule has 0 aliphatic carbocycles. The number of hydrogen-bond acceptors (Lipinski definition) is 6. The van der Waals surface area contributed by atoms with Crippen LogP contribution in [0.2, 0.25) is 0 Å². The molecule has 0 atom stereocenters. The first-order chi connectivity index (χ1) is 12.8. The highest BCUT2D eigenvalue weighted by Gasteiger charge is 2.15. The number of nitrogens with one attached hydrogen (secondary N) is 3. The van der Waals surface area contributed by atoms with Gasteiger partial charge in [-0.05, 0) is 42.5 Å². The third-order valence-corrected chi connectivity index (χ3v) is 3.34. The summed E-state index contributed by atoms with van der Waals surface area (Å²) >= 11 is 4.95. The number of para-hydroxylation sites is 2. The first kappa shape index (κ1) is 19.8. The molecule has 0 aromatic heterocycles. The average Bonchev–Trinajstić information content (AvgIpc) is 2.61. The van der Waals surface area contributed by atoms with Crippen molar-refractivity contribution in [2.75, 3.05) is 17.2 Å². The molecular formula is C17H16N4O5S. The lowest BCUT2D eigenvalue weighted by Gasteiger charge is -2.10. The number of rotatable bonds is 6. The van der Waals surface area contributed by atoms with Gasteiger partial charge in [0.1, 0.15) is 0 Å². The van der Waals surface area contributed by atoms with Crippen LogP contribution in [0, 0.1) is 10.1 Å². The topological polar surface area (TPSA) is 123 Å². The Labute approximate surface area is 159 Å². The molecule has 2 aromatic rings. The second-order valence-corrected chi connectivity index (χ2v) is 5.68. The molecule has 9 nitrogen and oxygen atoms in total. The zero-order valence-electron chi connectivity index (χ0n) is 14.2. The summed E-state index contributed by atoms with van der Waals surface area (Å²) in [5.41, 5.74) is 0.918. The molecule has 0 unspecified atom stereocenters. The van der Waals surface area contributed by atoms with Crippen molar-refractivity contribution >= 4 is 46.2 Å². The first-order valence-corrected chi connectivity index (χ1v) is 8.10. The van der Waals surface area contributed by atoms with Gasteiger partial charge in [-0.1, -0.05) is 12.1 Å². The highest BCUT2D eigenvalue weighted by molar-refractivity contribution is 7.80. The third kappa shape index (κ3) is 6.36. The number of amides is 2. The van der Waals surface area contributed by atoms with Crippen LogP contribution in [0.15, 0.2) is 48.5 Å². The van der Waals surface area contributed by atoms with Crippen LogP contribution in [-0.2, 0) is 9.59 Å². The second kappa shape index (κ2) is 9.25. The van der Waals surface area contributed by atoms with E-state index in [0.29, 0.717) is 11.4 Å². The van der Waals surface area contributed by atoms with E-state index in [2.05, 4.69) is 16.0 Å². The molecule has 0 fully saturated rings. The SMILES string of the molecule is CC(=O)NC(=S)Nc1ccc(NC(=O)COc2ccccc2[N+](=O)[O-])cc1. The molecule has 2 aromatic carbocycles. The first-order valence-electron chi connectivity index (χ1n) is 7.70. The Morgan fingerprint density at radius 3 is 2.26 bits per heavy atom. The smallest absolute Gasteiger partial charge is 0.310 e. The maximum Gasteiger partial charge on any atom is 0.310 e. The standard InChI is InChI=1S/C17H16N4O5S/c1-11(22)18-17(27)20-13-8-6-12(7-9-13)19-16(23)10-26-15-5-3-2-4-14(15)21(24)25/h2-9H,10H2,1H3,(H,19,23)(H2,18,20,22,27). The van der Waals surface area contributed by atoms with Gasteiger partial charge >= 0.3 is 5.69 Å². The number of carbonyl (C=O) groups is 2. The van der Waals surface area contributed by atoms with Crippen LogP contribution < -0.4 is 20.7 Å². The molecule has 3 N–H and O–H groups in total. The van der Waals surface area contributed by atoms with Gasteiger partial charge < -0.3 is 20.7 Å². The van der Waals surface area contributed by atoms with Crippen LogP contribution in [0.5, 0.6) is 5.75 Å². The van der Waals surface area contributed by atoms with E-state index in [1.165, 1.54) is 25.1 Å². The molecule has 0 bridgehead atoms. The minimum Gasteiger partial charge on any atom is -0.477 e. The molecule has 0 aliphatic rings. The van der Waals surface area contributed by atoms with Crippen molar-refractivity contribution in [3.63, 3.8) is 0 Å². The van der Waals surface area contributed by atoms with E-state index in [1.54, 1.807) is 30.3 Å². The summed E-state index contributed by atoms with van der Waals surface area (Å²) in [6.07, 6.45) is 0. The second-order valence-electron chi connectivity index (χ2n) is 5.27. The Hall–Kier alpha value is -3.53. The fourth-order valence-electron chi connectivity index (χ4n) is 2.03. The van der Waals surface area contributed by atoms with Gasteiger partial charge in [0.05, 0.1) is 4.92 Å². The van der Waals surface area contributed by atoms with E-state index in [9.17, 15) is 19.7 Å². The highest BCUT2D eigenvalue weighted by atomic mass is 32.1. The molecule has 0 heterocycles. The van der Waals surface area contributed by atoms with Gasteiger partial charge in [0.2, 0.25) is 5.91 Å². The van der Waals surface area contributed by atoms with Crippen LogP contribution in [0.3, 0.4) is 0 Å². The molecular weight excluding hydrogens is 372 g/mol. The number of anilines is 2. The number of benzene rings is 2. The summed E-state index contributed by atoms with van der Waals surface area (Å²) < 4.78 is 5.22. The number of nitro groups is 1. The predicted octanol–water partition coefficient (Wildman–Crippen LogP) is 2.45. The van der Waals surface area contributed by atoms with E-state index in [1.807, 2.05) is 0 Å². The summed E-state index contributed by atoms with van der Waals surface area (Å²) in [6, 6.07) is 12.4. The Morgan fingerprint density at radius 2 is 1.67 bits per heavy atom. The van der Waals surface area contributed by atoms with Gasteiger partial charge in [0.15, 0.2) is 17.5 Å². The summed E-state index contributed by atoms with van der Waals surface area (Å²) in [5, 5.41) is 18.9. The van der Waals surface area contributed by atoms with Crippen molar-refractivity contribution < 1.29 is 19.2 Å². The maximum absolute atomic E-state index is 12.0. The predicted molar refractivity (Wildman–Crippen MR) is 104 cm³/mol. The Kier molecular flexibility index (Phi) is 6.78. The van der Waals surface area contributed by atoms with E-state index in [0.717, 1.165) is 0 Å². The number of thiocarbonyl (C=S) groups is 1. The van der Waals surface area contributed by atoms with Crippen molar-refractivity contribution in [2.24, 2.45) is 0 Å². The molecule has 10 heteroatoms. The number of carbonyl (C=O) groups excluding carboxylic acids is 2. The normalized spacial score (nSPS) is 9.81. The minimum atomic E-state index is -0.579. The number of nitrogens with zero attached hydrogens (tertiary/aromatic N) is 1. The Bertz CT molecular complexity index is 870. The van der Waals surface area contributed by atoms with Crippen LogP contribution in [0.1, 0.15) is 6.92 Å². The molecule has 27 heavy (non-hydrogen) atoms. The highest BCUT2D eigenvalue weighted by Crippen LogP contribution is 2.25.